The number of thiazole rings is 1. The molecule has 2 aromatic rings. The minimum absolute atomic E-state index is 0.359. The van der Waals surface area contributed by atoms with Crippen LogP contribution in [0.1, 0.15) is 24.2 Å². The number of nitrogens with zero attached hydrogens (tertiary/aromatic N) is 2. The number of nitrogen functional groups attached to an aromatic ring is 1. The molecule has 17 heavy (non-hydrogen) atoms. The molecule has 0 spiro atoms. The molecule has 1 unspecified atom stereocenters. The Morgan fingerprint density at radius 2 is 2.06 bits per heavy atom. The van der Waals surface area contributed by atoms with Gasteiger partial charge >= 0.3 is 0 Å². The van der Waals surface area contributed by atoms with Gasteiger partial charge in [-0.1, -0.05) is 12.1 Å². The largest absolute Gasteiger partial charge is 0.399 e. The first-order chi connectivity index (χ1) is 8.16. The number of nitrogens with two attached hydrogens (primary N) is 1. The second-order valence-electron chi connectivity index (χ2n) is 4.24. The van der Waals surface area contributed by atoms with E-state index in [0.29, 0.717) is 6.04 Å². The topological polar surface area (TPSA) is 42.1 Å². The normalized spacial score (nSPS) is 12.9. The molecule has 0 bridgehead atoms. The van der Waals surface area contributed by atoms with Crippen molar-refractivity contribution < 1.29 is 0 Å². The summed E-state index contributed by atoms with van der Waals surface area (Å²) >= 11 is 1.64. The molecule has 2 N–H and O–H groups in total. The summed E-state index contributed by atoms with van der Waals surface area (Å²) in [5, 5.41) is 2.09. The van der Waals surface area contributed by atoms with Gasteiger partial charge in [-0.25, -0.2) is 4.98 Å². The maximum atomic E-state index is 5.69. The Kier molecular flexibility index (Phi) is 3.76. The highest BCUT2D eigenvalue weighted by atomic mass is 32.1. The lowest BCUT2D eigenvalue weighted by Crippen LogP contribution is -2.22. The zero-order chi connectivity index (χ0) is 12.3. The van der Waals surface area contributed by atoms with Crippen molar-refractivity contribution in [2.75, 3.05) is 12.8 Å². The van der Waals surface area contributed by atoms with Gasteiger partial charge in [-0.2, -0.15) is 0 Å². The van der Waals surface area contributed by atoms with E-state index in [4.69, 9.17) is 5.73 Å². The average molecular weight is 247 g/mol. The van der Waals surface area contributed by atoms with Crippen LogP contribution in [0.2, 0.25) is 0 Å². The second-order valence-corrected chi connectivity index (χ2v) is 4.96. The van der Waals surface area contributed by atoms with Crippen molar-refractivity contribution in [3.05, 3.63) is 46.4 Å². The highest BCUT2D eigenvalue weighted by molar-refractivity contribution is 7.07. The highest BCUT2D eigenvalue weighted by Gasteiger charge is 2.12. The zero-order valence-corrected chi connectivity index (χ0v) is 10.9. The van der Waals surface area contributed by atoms with E-state index in [9.17, 15) is 0 Å². The summed E-state index contributed by atoms with van der Waals surface area (Å²) in [7, 11) is 2.11. The lowest BCUT2D eigenvalue weighted by molar-refractivity contribution is 0.250. The summed E-state index contributed by atoms with van der Waals surface area (Å²) in [5.41, 5.74) is 10.8. The van der Waals surface area contributed by atoms with Crippen molar-refractivity contribution in [3.8, 4) is 0 Å². The van der Waals surface area contributed by atoms with Crippen LogP contribution in [0.5, 0.6) is 0 Å². The van der Waals surface area contributed by atoms with E-state index in [1.54, 1.807) is 11.3 Å². The quantitative estimate of drug-likeness (QED) is 0.845. The summed E-state index contributed by atoms with van der Waals surface area (Å²) in [6, 6.07) is 8.41. The third-order valence-electron chi connectivity index (χ3n) is 2.97. The van der Waals surface area contributed by atoms with Crippen LogP contribution in [0.25, 0.3) is 0 Å². The Morgan fingerprint density at radius 1 is 1.35 bits per heavy atom. The van der Waals surface area contributed by atoms with E-state index in [-0.39, 0.29) is 0 Å². The number of aromatic nitrogens is 1. The summed E-state index contributed by atoms with van der Waals surface area (Å²) in [6.45, 7) is 3.06. The van der Waals surface area contributed by atoms with E-state index in [2.05, 4.69) is 41.4 Å². The molecule has 0 aliphatic rings. The van der Waals surface area contributed by atoms with E-state index in [1.165, 1.54) is 5.56 Å². The molecule has 0 aliphatic carbocycles. The van der Waals surface area contributed by atoms with Gasteiger partial charge in [-0.05, 0) is 31.7 Å². The van der Waals surface area contributed by atoms with Crippen molar-refractivity contribution >= 4 is 17.0 Å². The van der Waals surface area contributed by atoms with Gasteiger partial charge in [-0.15, -0.1) is 11.3 Å². The predicted octanol–water partition coefficient (Wildman–Crippen LogP) is 2.92. The number of anilines is 1. The molecule has 2 rings (SSSR count). The fourth-order valence-corrected chi connectivity index (χ4v) is 2.29. The van der Waals surface area contributed by atoms with Crippen molar-refractivity contribution in [1.82, 2.24) is 9.88 Å². The molecule has 1 aromatic carbocycles. The first-order valence-corrected chi connectivity index (χ1v) is 6.54. The number of hydrogen-bond donors (Lipinski definition) is 1. The maximum absolute atomic E-state index is 5.69. The summed E-state index contributed by atoms with van der Waals surface area (Å²) < 4.78 is 0. The van der Waals surface area contributed by atoms with Crippen LogP contribution >= 0.6 is 11.3 Å². The Hall–Kier alpha value is -1.39. The van der Waals surface area contributed by atoms with Crippen molar-refractivity contribution in [3.63, 3.8) is 0 Å². The fourth-order valence-electron chi connectivity index (χ4n) is 1.74. The second kappa shape index (κ2) is 5.29. The van der Waals surface area contributed by atoms with Crippen LogP contribution in [0, 0.1) is 0 Å². The van der Waals surface area contributed by atoms with Gasteiger partial charge in [0.2, 0.25) is 0 Å². The van der Waals surface area contributed by atoms with E-state index in [0.717, 1.165) is 17.9 Å². The van der Waals surface area contributed by atoms with Gasteiger partial charge < -0.3 is 5.73 Å². The zero-order valence-electron chi connectivity index (χ0n) is 10.1. The van der Waals surface area contributed by atoms with Crippen LogP contribution in [-0.2, 0) is 6.54 Å². The summed E-state index contributed by atoms with van der Waals surface area (Å²) in [6.07, 6.45) is 0. The maximum Gasteiger partial charge on any atom is 0.0795 e. The van der Waals surface area contributed by atoms with Gasteiger partial charge in [0.05, 0.1) is 11.2 Å². The molecule has 1 atom stereocenters. The van der Waals surface area contributed by atoms with Crippen LogP contribution in [0.15, 0.2) is 35.2 Å². The van der Waals surface area contributed by atoms with Gasteiger partial charge in [0.15, 0.2) is 0 Å². The summed E-state index contributed by atoms with van der Waals surface area (Å²) in [4.78, 5) is 6.58. The molecular weight excluding hydrogens is 230 g/mol. The van der Waals surface area contributed by atoms with Crippen molar-refractivity contribution in [2.45, 2.75) is 19.5 Å². The van der Waals surface area contributed by atoms with Crippen LogP contribution in [0.4, 0.5) is 5.69 Å². The van der Waals surface area contributed by atoms with E-state index >= 15 is 0 Å². The molecule has 0 fully saturated rings. The van der Waals surface area contributed by atoms with Gasteiger partial charge in [0, 0.05) is 23.7 Å². The Bertz CT molecular complexity index is 450. The Morgan fingerprint density at radius 3 is 2.65 bits per heavy atom. The molecule has 0 amide bonds. The first-order valence-electron chi connectivity index (χ1n) is 5.59. The van der Waals surface area contributed by atoms with Crippen molar-refractivity contribution in [1.29, 1.82) is 0 Å². The molecule has 0 saturated carbocycles. The molecule has 0 aliphatic heterocycles. The molecule has 90 valence electrons. The molecular formula is C13H17N3S. The van der Waals surface area contributed by atoms with E-state index < -0.39 is 0 Å². The van der Waals surface area contributed by atoms with Gasteiger partial charge in [-0.3, -0.25) is 4.90 Å². The van der Waals surface area contributed by atoms with Crippen LogP contribution < -0.4 is 5.73 Å². The molecule has 3 nitrogen and oxygen atoms in total. The third kappa shape index (κ3) is 3.05. The van der Waals surface area contributed by atoms with E-state index in [1.807, 2.05) is 17.6 Å². The number of hydrogen-bond acceptors (Lipinski definition) is 4. The Balaban J connectivity index is 2.04. The molecule has 0 saturated heterocycles. The SMILES string of the molecule is CC(c1ccc(N)cc1)N(C)Cc1cscn1. The minimum atomic E-state index is 0.359. The first kappa shape index (κ1) is 12.1. The molecule has 4 heteroatoms. The van der Waals surface area contributed by atoms with Crippen LogP contribution in [0.3, 0.4) is 0 Å². The lowest BCUT2D eigenvalue weighted by atomic mass is 10.1. The minimum Gasteiger partial charge on any atom is -0.399 e. The van der Waals surface area contributed by atoms with Gasteiger partial charge in [0.1, 0.15) is 0 Å². The highest BCUT2D eigenvalue weighted by Crippen LogP contribution is 2.21. The predicted molar refractivity (Wildman–Crippen MR) is 72.9 cm³/mol. The monoisotopic (exact) mass is 247 g/mol. The smallest absolute Gasteiger partial charge is 0.0795 e. The molecule has 0 radical (unpaired) electrons. The lowest BCUT2D eigenvalue weighted by Gasteiger charge is -2.24. The third-order valence-corrected chi connectivity index (χ3v) is 3.61. The average Bonchev–Trinajstić information content (AvgIpc) is 2.82. The van der Waals surface area contributed by atoms with Crippen LogP contribution in [-0.4, -0.2) is 16.9 Å². The van der Waals surface area contributed by atoms with Crippen molar-refractivity contribution in [2.24, 2.45) is 0 Å². The fraction of sp³-hybridized carbons (Fsp3) is 0.308. The number of benzene rings is 1. The Labute approximate surface area is 106 Å². The van der Waals surface area contributed by atoms with Gasteiger partial charge in [0.25, 0.3) is 0 Å². The summed E-state index contributed by atoms with van der Waals surface area (Å²) in [5.74, 6) is 0. The number of rotatable bonds is 4. The standard InChI is InChI=1S/C13H17N3S/c1-10(11-3-5-12(14)6-4-11)16(2)7-13-8-17-9-15-13/h3-6,8-10H,7,14H2,1-2H3. The molecule has 1 aromatic heterocycles. The molecule has 1 heterocycles.